The van der Waals surface area contributed by atoms with Crippen molar-refractivity contribution in [1.29, 1.82) is 0 Å². The van der Waals surface area contributed by atoms with E-state index in [0.29, 0.717) is 0 Å². The number of nitrogens with one attached hydrogen (secondary N) is 1. The molecule has 2 rings (SSSR count). The molecule has 18 heavy (non-hydrogen) atoms. The van der Waals surface area contributed by atoms with Gasteiger partial charge in [-0.15, -0.1) is 0 Å². The SMILES string of the molecule is CCC(NC(C)c1ccsc1)c1ccccc1F. The minimum absolute atomic E-state index is 0.0566. The summed E-state index contributed by atoms with van der Waals surface area (Å²) in [6.07, 6.45) is 0.870. The Morgan fingerprint density at radius 2 is 2.06 bits per heavy atom. The molecule has 3 heteroatoms. The zero-order valence-corrected chi connectivity index (χ0v) is 11.5. The van der Waals surface area contributed by atoms with Crippen molar-refractivity contribution in [3.05, 3.63) is 58.0 Å². The second-order valence-corrected chi connectivity index (χ2v) is 5.21. The van der Waals surface area contributed by atoms with Crippen LogP contribution in [-0.4, -0.2) is 0 Å². The Bertz CT molecular complexity index is 481. The van der Waals surface area contributed by atoms with Crippen LogP contribution in [0.3, 0.4) is 0 Å². The van der Waals surface area contributed by atoms with Gasteiger partial charge in [0, 0.05) is 17.6 Å². The van der Waals surface area contributed by atoms with Gasteiger partial charge >= 0.3 is 0 Å². The molecule has 2 aromatic rings. The third-order valence-corrected chi connectivity index (χ3v) is 3.88. The normalized spacial score (nSPS) is 14.4. The highest BCUT2D eigenvalue weighted by Gasteiger charge is 2.16. The number of benzene rings is 1. The predicted molar refractivity (Wildman–Crippen MR) is 75.3 cm³/mol. The molecule has 0 fully saturated rings. The summed E-state index contributed by atoms with van der Waals surface area (Å²) in [5.74, 6) is -0.130. The zero-order chi connectivity index (χ0) is 13.0. The molecule has 0 aliphatic carbocycles. The quantitative estimate of drug-likeness (QED) is 0.825. The molecule has 2 unspecified atom stereocenters. The second kappa shape index (κ2) is 6.12. The van der Waals surface area contributed by atoms with Gasteiger partial charge in [0.1, 0.15) is 5.82 Å². The van der Waals surface area contributed by atoms with Crippen LogP contribution in [0.4, 0.5) is 4.39 Å². The van der Waals surface area contributed by atoms with E-state index in [0.717, 1.165) is 12.0 Å². The van der Waals surface area contributed by atoms with Gasteiger partial charge in [0.05, 0.1) is 0 Å². The van der Waals surface area contributed by atoms with Crippen LogP contribution in [0.1, 0.15) is 43.5 Å². The Labute approximate surface area is 112 Å². The van der Waals surface area contributed by atoms with Crippen LogP contribution < -0.4 is 5.32 Å². The van der Waals surface area contributed by atoms with Crippen molar-refractivity contribution < 1.29 is 4.39 Å². The average molecular weight is 263 g/mol. The van der Waals surface area contributed by atoms with Crippen LogP contribution >= 0.6 is 11.3 Å². The summed E-state index contributed by atoms with van der Waals surface area (Å²) in [4.78, 5) is 0. The van der Waals surface area contributed by atoms with Gasteiger partial charge in [-0.3, -0.25) is 0 Å². The Morgan fingerprint density at radius 3 is 2.67 bits per heavy atom. The summed E-state index contributed by atoms with van der Waals surface area (Å²) < 4.78 is 13.8. The van der Waals surface area contributed by atoms with Gasteiger partial charge in [0.25, 0.3) is 0 Å². The lowest BCUT2D eigenvalue weighted by atomic mass is 10.0. The Kier molecular flexibility index (Phi) is 4.50. The number of halogens is 1. The monoisotopic (exact) mass is 263 g/mol. The highest BCUT2D eigenvalue weighted by atomic mass is 32.1. The molecule has 0 radical (unpaired) electrons. The van der Waals surface area contributed by atoms with E-state index in [4.69, 9.17) is 0 Å². The van der Waals surface area contributed by atoms with Crippen molar-refractivity contribution >= 4 is 11.3 Å². The molecule has 1 aromatic carbocycles. The van der Waals surface area contributed by atoms with Gasteiger partial charge in [-0.1, -0.05) is 25.1 Å². The molecule has 0 saturated carbocycles. The second-order valence-electron chi connectivity index (χ2n) is 4.43. The van der Waals surface area contributed by atoms with Crippen LogP contribution in [0, 0.1) is 5.82 Å². The lowest BCUT2D eigenvalue weighted by Gasteiger charge is -2.22. The molecular formula is C15H18FNS. The third kappa shape index (κ3) is 2.98. The summed E-state index contributed by atoms with van der Waals surface area (Å²) in [5.41, 5.74) is 2.01. The summed E-state index contributed by atoms with van der Waals surface area (Å²) in [5, 5.41) is 7.69. The third-order valence-electron chi connectivity index (χ3n) is 3.18. The van der Waals surface area contributed by atoms with Crippen molar-refractivity contribution in [2.45, 2.75) is 32.4 Å². The van der Waals surface area contributed by atoms with Gasteiger partial charge in [0.2, 0.25) is 0 Å². The molecule has 1 nitrogen and oxygen atoms in total. The maximum Gasteiger partial charge on any atom is 0.127 e. The predicted octanol–water partition coefficient (Wildman–Crippen LogP) is 4.69. The fourth-order valence-electron chi connectivity index (χ4n) is 2.10. The van der Waals surface area contributed by atoms with E-state index < -0.39 is 0 Å². The standard InChI is InChI=1S/C15H18FNS/c1-3-15(13-6-4-5-7-14(13)16)17-11(2)12-8-9-18-10-12/h4-11,15,17H,3H2,1-2H3. The Hall–Kier alpha value is -1.19. The summed E-state index contributed by atoms with van der Waals surface area (Å²) in [6.45, 7) is 4.19. The lowest BCUT2D eigenvalue weighted by Crippen LogP contribution is -2.24. The molecule has 0 aliphatic heterocycles. The number of hydrogen-bond acceptors (Lipinski definition) is 2. The summed E-state index contributed by atoms with van der Waals surface area (Å²) in [7, 11) is 0. The van der Waals surface area contributed by atoms with Crippen molar-refractivity contribution in [2.75, 3.05) is 0 Å². The molecule has 1 aromatic heterocycles. The maximum absolute atomic E-state index is 13.8. The lowest BCUT2D eigenvalue weighted by molar-refractivity contribution is 0.440. The van der Waals surface area contributed by atoms with Gasteiger partial charge in [-0.25, -0.2) is 4.39 Å². The Morgan fingerprint density at radius 1 is 1.28 bits per heavy atom. The maximum atomic E-state index is 13.8. The first-order chi connectivity index (χ1) is 8.72. The van der Waals surface area contributed by atoms with Gasteiger partial charge < -0.3 is 5.32 Å². The number of thiophene rings is 1. The highest BCUT2D eigenvalue weighted by molar-refractivity contribution is 7.07. The molecule has 0 amide bonds. The average Bonchev–Trinajstić information content (AvgIpc) is 2.90. The largest absolute Gasteiger partial charge is 0.303 e. The molecule has 96 valence electrons. The van der Waals surface area contributed by atoms with Crippen LogP contribution in [0.15, 0.2) is 41.1 Å². The Balaban J connectivity index is 2.13. The first-order valence-electron chi connectivity index (χ1n) is 6.25. The van der Waals surface area contributed by atoms with E-state index >= 15 is 0 Å². The summed E-state index contributed by atoms with van der Waals surface area (Å²) in [6, 6.07) is 9.40. The van der Waals surface area contributed by atoms with Crippen LogP contribution in [0.2, 0.25) is 0 Å². The first kappa shape index (κ1) is 13.2. The van der Waals surface area contributed by atoms with E-state index in [1.54, 1.807) is 17.4 Å². The van der Waals surface area contributed by atoms with Crippen LogP contribution in [0.5, 0.6) is 0 Å². The minimum atomic E-state index is -0.130. The van der Waals surface area contributed by atoms with Gasteiger partial charge in [-0.05, 0) is 41.8 Å². The number of rotatable bonds is 5. The van der Waals surface area contributed by atoms with Gasteiger partial charge in [0.15, 0.2) is 0 Å². The van der Waals surface area contributed by atoms with Crippen LogP contribution in [-0.2, 0) is 0 Å². The first-order valence-corrected chi connectivity index (χ1v) is 7.19. The van der Waals surface area contributed by atoms with E-state index in [1.165, 1.54) is 11.6 Å². The molecule has 0 spiro atoms. The fourth-order valence-corrected chi connectivity index (χ4v) is 2.86. The molecule has 0 aliphatic rings. The molecule has 0 saturated heterocycles. The number of hydrogen-bond donors (Lipinski definition) is 1. The van der Waals surface area contributed by atoms with E-state index in [-0.39, 0.29) is 17.9 Å². The van der Waals surface area contributed by atoms with E-state index in [9.17, 15) is 4.39 Å². The van der Waals surface area contributed by atoms with E-state index in [1.807, 2.05) is 12.1 Å². The van der Waals surface area contributed by atoms with Gasteiger partial charge in [-0.2, -0.15) is 11.3 Å². The molecular weight excluding hydrogens is 245 g/mol. The molecule has 1 N–H and O–H groups in total. The zero-order valence-electron chi connectivity index (χ0n) is 10.7. The highest BCUT2D eigenvalue weighted by Crippen LogP contribution is 2.24. The minimum Gasteiger partial charge on any atom is -0.303 e. The molecule has 1 heterocycles. The van der Waals surface area contributed by atoms with E-state index in [2.05, 4.69) is 36.0 Å². The summed E-state index contributed by atoms with van der Waals surface area (Å²) >= 11 is 1.69. The van der Waals surface area contributed by atoms with Crippen LogP contribution in [0.25, 0.3) is 0 Å². The fraction of sp³-hybridized carbons (Fsp3) is 0.333. The topological polar surface area (TPSA) is 12.0 Å². The van der Waals surface area contributed by atoms with Crippen molar-refractivity contribution in [1.82, 2.24) is 5.32 Å². The van der Waals surface area contributed by atoms with Crippen molar-refractivity contribution in [3.63, 3.8) is 0 Å². The van der Waals surface area contributed by atoms with Crippen molar-refractivity contribution in [2.24, 2.45) is 0 Å². The molecule has 0 bridgehead atoms. The van der Waals surface area contributed by atoms with Crippen molar-refractivity contribution in [3.8, 4) is 0 Å². The smallest absolute Gasteiger partial charge is 0.127 e. The molecule has 2 atom stereocenters.